The first kappa shape index (κ1) is 9.80. The number of methoxy groups -OCH3 is 1. The lowest BCUT2D eigenvalue weighted by Gasteiger charge is -2.09. The maximum atomic E-state index is 13.2. The number of hydrogen-bond donors (Lipinski definition) is 2. The van der Waals surface area contributed by atoms with E-state index in [2.05, 4.69) is 0 Å². The van der Waals surface area contributed by atoms with E-state index in [1.807, 2.05) is 0 Å². The first-order valence-corrected chi connectivity index (χ1v) is 3.77. The summed E-state index contributed by atoms with van der Waals surface area (Å²) in [5.74, 6) is -1.37. The fraction of sp³-hybridized carbons (Fsp3) is 0.333. The van der Waals surface area contributed by atoms with E-state index in [4.69, 9.17) is 9.84 Å². The number of aliphatic hydroxyl groups excluding tert-OH is 1. The van der Waals surface area contributed by atoms with Crippen LogP contribution in [0.3, 0.4) is 0 Å². The van der Waals surface area contributed by atoms with Gasteiger partial charge in [-0.05, 0) is 18.6 Å². The number of aliphatic hydroxyl groups is 1. The molecule has 3 nitrogen and oxygen atoms in total. The van der Waals surface area contributed by atoms with E-state index < -0.39 is 18.2 Å². The second-order valence-corrected chi connectivity index (χ2v) is 2.71. The lowest BCUT2D eigenvalue weighted by Crippen LogP contribution is -1.96. The van der Waals surface area contributed by atoms with Crippen LogP contribution in [0, 0.1) is 12.7 Å². The highest BCUT2D eigenvalue weighted by Gasteiger charge is 2.15. The molecule has 0 spiro atoms. The summed E-state index contributed by atoms with van der Waals surface area (Å²) >= 11 is 0. The number of hydrogen-bond acceptors (Lipinski definition) is 3. The van der Waals surface area contributed by atoms with E-state index in [0.29, 0.717) is 5.56 Å². The van der Waals surface area contributed by atoms with E-state index in [-0.39, 0.29) is 11.3 Å². The molecule has 0 fully saturated rings. The summed E-state index contributed by atoms with van der Waals surface area (Å²) in [6.07, 6.45) is 0. The summed E-state index contributed by atoms with van der Waals surface area (Å²) in [7, 11) is 1.32. The van der Waals surface area contributed by atoms with Gasteiger partial charge in [0.15, 0.2) is 11.5 Å². The number of benzene rings is 1. The molecular formula is C9H11FO3. The highest BCUT2D eigenvalue weighted by atomic mass is 19.1. The van der Waals surface area contributed by atoms with Crippen LogP contribution in [0.4, 0.5) is 4.39 Å². The van der Waals surface area contributed by atoms with Crippen molar-refractivity contribution in [1.29, 1.82) is 0 Å². The Bertz CT molecular complexity index is 323. The van der Waals surface area contributed by atoms with Gasteiger partial charge in [-0.25, -0.2) is 0 Å². The third-order valence-corrected chi connectivity index (χ3v) is 1.83. The molecule has 0 radical (unpaired) electrons. The maximum Gasteiger partial charge on any atom is 0.207 e. The lowest BCUT2D eigenvalue weighted by atomic mass is 10.1. The third-order valence-electron chi connectivity index (χ3n) is 1.83. The van der Waals surface area contributed by atoms with Crippen LogP contribution < -0.4 is 4.74 Å². The van der Waals surface area contributed by atoms with Crippen LogP contribution in [0.2, 0.25) is 0 Å². The molecule has 0 aliphatic carbocycles. The summed E-state index contributed by atoms with van der Waals surface area (Å²) in [6.45, 7) is 1.24. The van der Waals surface area contributed by atoms with Crippen LogP contribution in [0.25, 0.3) is 0 Å². The van der Waals surface area contributed by atoms with Crippen molar-refractivity contribution in [3.8, 4) is 11.5 Å². The van der Waals surface area contributed by atoms with Crippen LogP contribution in [-0.4, -0.2) is 17.3 Å². The molecule has 0 saturated carbocycles. The fourth-order valence-corrected chi connectivity index (χ4v) is 1.19. The molecule has 1 aromatic carbocycles. The van der Waals surface area contributed by atoms with E-state index >= 15 is 0 Å². The van der Waals surface area contributed by atoms with Gasteiger partial charge in [0.1, 0.15) is 0 Å². The van der Waals surface area contributed by atoms with Crippen molar-refractivity contribution >= 4 is 0 Å². The summed E-state index contributed by atoms with van der Waals surface area (Å²) in [5, 5.41) is 18.0. The Hall–Kier alpha value is -1.29. The molecule has 1 rings (SSSR count). The monoisotopic (exact) mass is 186 g/mol. The van der Waals surface area contributed by atoms with Gasteiger partial charge < -0.3 is 14.9 Å². The van der Waals surface area contributed by atoms with Gasteiger partial charge in [0.05, 0.1) is 13.7 Å². The molecular weight excluding hydrogens is 175 g/mol. The molecule has 0 saturated heterocycles. The summed E-state index contributed by atoms with van der Waals surface area (Å²) in [5.41, 5.74) is 0.706. The van der Waals surface area contributed by atoms with Crippen LogP contribution in [-0.2, 0) is 6.61 Å². The highest BCUT2D eigenvalue weighted by molar-refractivity contribution is 5.46. The summed E-state index contributed by atoms with van der Waals surface area (Å²) < 4.78 is 18.0. The molecule has 0 amide bonds. The Balaban J connectivity index is 3.37. The Morgan fingerprint density at radius 1 is 1.54 bits per heavy atom. The van der Waals surface area contributed by atoms with Crippen LogP contribution in [0.1, 0.15) is 11.1 Å². The topological polar surface area (TPSA) is 49.7 Å². The number of rotatable bonds is 2. The third kappa shape index (κ3) is 1.58. The summed E-state index contributed by atoms with van der Waals surface area (Å²) in [6, 6.07) is 1.48. The first-order valence-electron chi connectivity index (χ1n) is 3.77. The lowest BCUT2D eigenvalue weighted by molar-refractivity contribution is 0.271. The van der Waals surface area contributed by atoms with Crippen LogP contribution >= 0.6 is 0 Å². The van der Waals surface area contributed by atoms with E-state index in [0.717, 1.165) is 0 Å². The fourth-order valence-electron chi connectivity index (χ4n) is 1.19. The van der Waals surface area contributed by atoms with Crippen molar-refractivity contribution in [3.05, 3.63) is 23.0 Å². The number of aryl methyl sites for hydroxylation is 1. The smallest absolute Gasteiger partial charge is 0.207 e. The van der Waals surface area contributed by atoms with Crippen molar-refractivity contribution in [1.82, 2.24) is 0 Å². The Labute approximate surface area is 75.4 Å². The van der Waals surface area contributed by atoms with Crippen molar-refractivity contribution in [3.63, 3.8) is 0 Å². The minimum Gasteiger partial charge on any atom is -0.504 e. The van der Waals surface area contributed by atoms with Gasteiger partial charge in [-0.1, -0.05) is 0 Å². The Morgan fingerprint density at radius 2 is 2.15 bits per heavy atom. The van der Waals surface area contributed by atoms with Gasteiger partial charge >= 0.3 is 0 Å². The molecule has 72 valence electrons. The normalized spacial score (nSPS) is 10.2. The number of aromatic hydroxyl groups is 1. The SMILES string of the molecule is COc1c(C)cc(CO)c(O)c1F. The predicted molar refractivity (Wildman–Crippen MR) is 45.3 cm³/mol. The quantitative estimate of drug-likeness (QED) is 0.732. The largest absolute Gasteiger partial charge is 0.504 e. The number of halogens is 1. The molecule has 0 unspecified atom stereocenters. The zero-order valence-electron chi connectivity index (χ0n) is 7.47. The van der Waals surface area contributed by atoms with Gasteiger partial charge in [-0.3, -0.25) is 0 Å². The minimum atomic E-state index is -0.827. The average molecular weight is 186 g/mol. The van der Waals surface area contributed by atoms with Gasteiger partial charge in [-0.15, -0.1) is 0 Å². The van der Waals surface area contributed by atoms with Gasteiger partial charge in [0, 0.05) is 5.56 Å². The number of ether oxygens (including phenoxy) is 1. The highest BCUT2D eigenvalue weighted by Crippen LogP contribution is 2.32. The average Bonchev–Trinajstić information content (AvgIpc) is 2.12. The van der Waals surface area contributed by atoms with E-state index in [1.54, 1.807) is 6.92 Å². The molecule has 1 aromatic rings. The molecule has 0 bridgehead atoms. The molecule has 0 heterocycles. The first-order chi connectivity index (χ1) is 6.11. The summed E-state index contributed by atoms with van der Waals surface area (Å²) in [4.78, 5) is 0. The molecule has 2 N–H and O–H groups in total. The van der Waals surface area contributed by atoms with Crippen molar-refractivity contribution in [2.75, 3.05) is 7.11 Å². The Morgan fingerprint density at radius 3 is 2.62 bits per heavy atom. The van der Waals surface area contributed by atoms with Crippen molar-refractivity contribution < 1.29 is 19.3 Å². The number of phenols is 1. The standard InChI is InChI=1S/C9H11FO3/c1-5-3-6(4-11)8(12)7(10)9(5)13-2/h3,11-12H,4H2,1-2H3. The zero-order chi connectivity index (χ0) is 10.0. The van der Waals surface area contributed by atoms with E-state index in [9.17, 15) is 9.50 Å². The molecule has 4 heteroatoms. The predicted octanol–water partition coefficient (Wildman–Crippen LogP) is 1.34. The zero-order valence-corrected chi connectivity index (χ0v) is 7.47. The van der Waals surface area contributed by atoms with Crippen LogP contribution in [0.15, 0.2) is 6.07 Å². The molecule has 0 aromatic heterocycles. The van der Waals surface area contributed by atoms with Gasteiger partial charge in [-0.2, -0.15) is 4.39 Å². The molecule has 0 aliphatic rings. The van der Waals surface area contributed by atoms with Gasteiger partial charge in [0.2, 0.25) is 5.82 Å². The van der Waals surface area contributed by atoms with Crippen LogP contribution in [0.5, 0.6) is 11.5 Å². The molecule has 0 aliphatic heterocycles. The van der Waals surface area contributed by atoms with Gasteiger partial charge in [0.25, 0.3) is 0 Å². The van der Waals surface area contributed by atoms with Crippen molar-refractivity contribution in [2.24, 2.45) is 0 Å². The van der Waals surface area contributed by atoms with Crippen molar-refractivity contribution in [2.45, 2.75) is 13.5 Å². The second kappa shape index (κ2) is 3.62. The second-order valence-electron chi connectivity index (χ2n) is 2.71. The molecule has 13 heavy (non-hydrogen) atoms. The van der Waals surface area contributed by atoms with E-state index in [1.165, 1.54) is 13.2 Å². The molecule has 0 atom stereocenters. The maximum absolute atomic E-state index is 13.2. The minimum absolute atomic E-state index is 0.00898. The Kier molecular flexibility index (Phi) is 2.72.